The molecule has 12 heteroatoms. The average Bonchev–Trinajstić information content (AvgIpc) is 3.40. The quantitative estimate of drug-likeness (QED) is 0.237. The molecule has 36 heavy (non-hydrogen) atoms. The Morgan fingerprint density at radius 1 is 1.22 bits per heavy atom. The monoisotopic (exact) mass is 547 g/mol. The van der Waals surface area contributed by atoms with Crippen LogP contribution in [0.1, 0.15) is 32.6 Å². The van der Waals surface area contributed by atoms with E-state index in [1.165, 1.54) is 0 Å². The Morgan fingerprint density at radius 2 is 2.00 bits per heavy atom. The summed E-state index contributed by atoms with van der Waals surface area (Å²) in [5, 5.41) is 22.8. The summed E-state index contributed by atoms with van der Waals surface area (Å²) in [5.74, 6) is -0.0997. The van der Waals surface area contributed by atoms with Gasteiger partial charge in [-0.2, -0.15) is 0 Å². The number of ether oxygens (including phenoxy) is 1. The van der Waals surface area contributed by atoms with Gasteiger partial charge in [0.15, 0.2) is 0 Å². The molecule has 0 spiro atoms. The zero-order valence-electron chi connectivity index (χ0n) is 20.9. The van der Waals surface area contributed by atoms with Crippen LogP contribution in [0.15, 0.2) is 0 Å². The number of alkyl halides is 2. The van der Waals surface area contributed by atoms with E-state index in [9.17, 15) is 14.0 Å². The summed E-state index contributed by atoms with van der Waals surface area (Å²) in [4.78, 5) is 28.1. The molecule has 1 saturated carbocycles. The summed E-state index contributed by atoms with van der Waals surface area (Å²) in [7, 11) is 1.73. The lowest BCUT2D eigenvalue weighted by Gasteiger charge is -2.45. The molecule has 0 aromatic heterocycles. The zero-order chi connectivity index (χ0) is 25.6. The first-order valence-electron chi connectivity index (χ1n) is 13.1. The molecule has 5 aliphatic rings. The Labute approximate surface area is 221 Å². The number of amides is 2. The molecule has 2 amide bonds. The Morgan fingerprint density at radius 3 is 2.69 bits per heavy atom. The Kier molecular flexibility index (Phi) is 8.09. The molecule has 0 aromatic carbocycles. The second-order valence-electron chi connectivity index (χ2n) is 11.4. The lowest BCUT2D eigenvalue weighted by molar-refractivity contribution is -0.146. The van der Waals surface area contributed by atoms with Gasteiger partial charge < -0.3 is 25.4 Å². The summed E-state index contributed by atoms with van der Waals surface area (Å²) < 4.78 is 19.8. The minimum absolute atomic E-state index is 0.0217. The number of rotatable bonds is 6. The van der Waals surface area contributed by atoms with E-state index < -0.39 is 12.3 Å². The summed E-state index contributed by atoms with van der Waals surface area (Å²) in [6.07, 6.45) is 1.91. The molecule has 4 aliphatic heterocycles. The first kappa shape index (κ1) is 26.9. The number of hydrogen-bond acceptors (Lipinski definition) is 8. The molecular weight excluding hydrogens is 509 g/mol. The maximum Gasteiger partial charge on any atom is 0.226 e. The molecule has 9 unspecified atom stereocenters. The van der Waals surface area contributed by atoms with Crippen molar-refractivity contribution in [2.45, 2.75) is 72.7 Å². The fraction of sp³-hybridized carbons (Fsp3) is 0.917. The molecule has 0 aromatic rings. The van der Waals surface area contributed by atoms with Crippen LogP contribution < -0.4 is 21.3 Å². The summed E-state index contributed by atoms with van der Waals surface area (Å²) >= 11 is 8.09. The Bertz CT molecular complexity index is 824. The fourth-order valence-corrected chi connectivity index (χ4v) is 8.53. The highest BCUT2D eigenvalue weighted by atomic mass is 35.5. The standard InChI is InChI=1S/C24H39ClFN5O4S/c1-12-3-14(15-4-20(25)28-8-18(15)35-2)16(7-27-12)21(33)30-23-29-17-9-31(10-19(17)36-23)22(34)13-5-24(26,6-13)11-32/h12-20,23,27-29,32H,3-11H2,1-2H3,(H,30,33). The third kappa shape index (κ3) is 5.39. The molecule has 9 nitrogen and oxygen atoms in total. The van der Waals surface area contributed by atoms with Crippen molar-refractivity contribution in [3.63, 3.8) is 0 Å². The van der Waals surface area contributed by atoms with Gasteiger partial charge in [0, 0.05) is 56.5 Å². The van der Waals surface area contributed by atoms with E-state index in [1.807, 2.05) is 4.90 Å². The predicted molar refractivity (Wildman–Crippen MR) is 136 cm³/mol. The number of aliphatic hydroxyl groups excluding tert-OH is 1. The highest BCUT2D eigenvalue weighted by molar-refractivity contribution is 8.00. The molecule has 1 aliphatic carbocycles. The molecule has 0 radical (unpaired) electrons. The highest BCUT2D eigenvalue weighted by Crippen LogP contribution is 2.43. The van der Waals surface area contributed by atoms with Crippen molar-refractivity contribution in [2.24, 2.45) is 23.7 Å². The second-order valence-corrected chi connectivity index (χ2v) is 13.2. The van der Waals surface area contributed by atoms with E-state index >= 15 is 0 Å². The number of likely N-dealkylation sites (tertiary alicyclic amines) is 1. The van der Waals surface area contributed by atoms with Gasteiger partial charge in [0.05, 0.1) is 24.1 Å². The first-order chi connectivity index (χ1) is 17.2. The summed E-state index contributed by atoms with van der Waals surface area (Å²) in [6, 6.07) is 0.426. The van der Waals surface area contributed by atoms with Gasteiger partial charge in [0.1, 0.15) is 11.2 Å². The second kappa shape index (κ2) is 10.8. The molecule has 0 bridgehead atoms. The van der Waals surface area contributed by atoms with E-state index in [-0.39, 0.29) is 76.7 Å². The normalized spacial score (nSPS) is 46.8. The highest BCUT2D eigenvalue weighted by Gasteiger charge is 2.52. The zero-order valence-corrected chi connectivity index (χ0v) is 22.5. The molecule has 5 rings (SSSR count). The number of aliphatic hydroxyl groups is 1. The Hall–Kier alpha value is -0.690. The lowest BCUT2D eigenvalue weighted by Crippen LogP contribution is -2.57. The van der Waals surface area contributed by atoms with E-state index in [4.69, 9.17) is 21.4 Å². The van der Waals surface area contributed by atoms with Crippen LogP contribution in [0.2, 0.25) is 0 Å². The maximum absolute atomic E-state index is 14.0. The minimum Gasteiger partial charge on any atom is -0.393 e. The number of methoxy groups -OCH3 is 1. The summed E-state index contributed by atoms with van der Waals surface area (Å²) in [6.45, 7) is 4.11. The van der Waals surface area contributed by atoms with Crippen molar-refractivity contribution in [1.82, 2.24) is 26.2 Å². The fourth-order valence-electron chi connectivity index (χ4n) is 6.83. The van der Waals surface area contributed by atoms with Gasteiger partial charge in [-0.15, -0.1) is 23.4 Å². The van der Waals surface area contributed by atoms with E-state index in [0.717, 1.165) is 12.8 Å². The number of nitrogens with one attached hydrogen (secondary N) is 4. The molecule has 204 valence electrons. The van der Waals surface area contributed by atoms with Crippen LogP contribution in [0.25, 0.3) is 0 Å². The van der Waals surface area contributed by atoms with Crippen molar-refractivity contribution in [1.29, 1.82) is 0 Å². The van der Waals surface area contributed by atoms with Crippen LogP contribution in [0.3, 0.4) is 0 Å². The van der Waals surface area contributed by atoms with Crippen molar-refractivity contribution >= 4 is 35.2 Å². The van der Waals surface area contributed by atoms with Crippen LogP contribution in [0.5, 0.6) is 0 Å². The van der Waals surface area contributed by atoms with E-state index in [2.05, 4.69) is 28.2 Å². The van der Waals surface area contributed by atoms with Crippen molar-refractivity contribution in [3.05, 3.63) is 0 Å². The summed E-state index contributed by atoms with van der Waals surface area (Å²) in [5.41, 5.74) is -1.91. The predicted octanol–water partition coefficient (Wildman–Crippen LogP) is 0.216. The maximum atomic E-state index is 14.0. The molecule has 5 N–H and O–H groups in total. The topological polar surface area (TPSA) is 115 Å². The lowest BCUT2D eigenvalue weighted by atomic mass is 9.70. The molecule has 4 saturated heterocycles. The molecule has 9 atom stereocenters. The number of hydrogen-bond donors (Lipinski definition) is 5. The van der Waals surface area contributed by atoms with Crippen LogP contribution in [-0.2, 0) is 14.3 Å². The van der Waals surface area contributed by atoms with Gasteiger partial charge in [0.25, 0.3) is 0 Å². The average molecular weight is 548 g/mol. The van der Waals surface area contributed by atoms with Crippen molar-refractivity contribution in [2.75, 3.05) is 39.9 Å². The van der Waals surface area contributed by atoms with Crippen LogP contribution in [0, 0.1) is 23.7 Å². The van der Waals surface area contributed by atoms with Crippen molar-refractivity contribution in [3.8, 4) is 0 Å². The SMILES string of the molecule is COC1CNC(Cl)CC1C1CC(C)NCC1C(=O)NC1NC2CN(C(=O)C3CC(F)(CO)C3)CC2S1. The Balaban J connectivity index is 1.15. The van der Waals surface area contributed by atoms with Crippen LogP contribution >= 0.6 is 23.4 Å². The van der Waals surface area contributed by atoms with Crippen molar-refractivity contribution < 1.29 is 23.8 Å². The van der Waals surface area contributed by atoms with Crippen LogP contribution in [-0.4, -0.2) is 102 Å². The smallest absolute Gasteiger partial charge is 0.226 e. The number of carbonyl (C=O) groups is 2. The number of halogens is 2. The number of carbonyl (C=O) groups excluding carboxylic acids is 2. The van der Waals surface area contributed by atoms with Gasteiger partial charge in [-0.25, -0.2) is 4.39 Å². The number of nitrogens with zero attached hydrogens (tertiary/aromatic N) is 1. The van der Waals surface area contributed by atoms with E-state index in [1.54, 1.807) is 18.9 Å². The van der Waals surface area contributed by atoms with Gasteiger partial charge in [-0.1, -0.05) is 0 Å². The van der Waals surface area contributed by atoms with Gasteiger partial charge >= 0.3 is 0 Å². The molecular formula is C24H39ClFN5O4S. The third-order valence-corrected chi connectivity index (χ3v) is 10.6. The number of piperidine rings is 2. The van der Waals surface area contributed by atoms with E-state index in [0.29, 0.717) is 32.2 Å². The molecule has 4 heterocycles. The van der Waals surface area contributed by atoms with Crippen LogP contribution in [0.4, 0.5) is 4.39 Å². The number of thioether (sulfide) groups is 1. The van der Waals surface area contributed by atoms with Gasteiger partial charge in [0.2, 0.25) is 11.8 Å². The largest absolute Gasteiger partial charge is 0.393 e. The van der Waals surface area contributed by atoms with Gasteiger partial charge in [-0.05, 0) is 44.4 Å². The third-order valence-electron chi connectivity index (χ3n) is 8.90. The van der Waals surface area contributed by atoms with Gasteiger partial charge in [-0.3, -0.25) is 20.2 Å². The number of fused-ring (bicyclic) bond motifs is 1. The first-order valence-corrected chi connectivity index (χ1v) is 14.5. The molecule has 5 fully saturated rings. The minimum atomic E-state index is -1.59.